The molecule has 130 valence electrons. The van der Waals surface area contributed by atoms with Crippen molar-refractivity contribution < 1.29 is 13.9 Å². The highest BCUT2D eigenvalue weighted by molar-refractivity contribution is 5.95. The van der Waals surface area contributed by atoms with Crippen molar-refractivity contribution in [2.24, 2.45) is 0 Å². The van der Waals surface area contributed by atoms with Gasteiger partial charge in [0, 0.05) is 19.3 Å². The Hall–Kier alpha value is -2.96. The smallest absolute Gasteiger partial charge is 0.257 e. The highest BCUT2D eigenvalue weighted by atomic mass is 19.1. The van der Waals surface area contributed by atoms with E-state index in [0.717, 1.165) is 11.4 Å². The van der Waals surface area contributed by atoms with Crippen LogP contribution in [0, 0.1) is 19.7 Å². The first-order valence-electron chi connectivity index (χ1n) is 7.92. The van der Waals surface area contributed by atoms with Crippen LogP contribution in [0.3, 0.4) is 0 Å². The van der Waals surface area contributed by atoms with Gasteiger partial charge in [-0.25, -0.2) is 13.9 Å². The second-order valence-corrected chi connectivity index (χ2v) is 5.82. The van der Waals surface area contributed by atoms with Crippen molar-refractivity contribution in [1.82, 2.24) is 19.5 Å². The van der Waals surface area contributed by atoms with E-state index >= 15 is 0 Å². The first kappa shape index (κ1) is 16.9. The highest BCUT2D eigenvalue weighted by Gasteiger charge is 2.17. The molecule has 0 spiro atoms. The number of nitrogens with zero attached hydrogens (tertiary/aromatic N) is 4. The summed E-state index contributed by atoms with van der Waals surface area (Å²) in [5.41, 5.74) is 2.75. The van der Waals surface area contributed by atoms with Crippen LogP contribution >= 0.6 is 0 Å². The summed E-state index contributed by atoms with van der Waals surface area (Å²) in [4.78, 5) is 18.4. The number of hydrogen-bond acceptors (Lipinski definition) is 4. The van der Waals surface area contributed by atoms with Crippen molar-refractivity contribution >= 4 is 11.6 Å². The number of aromatic nitrogens is 3. The van der Waals surface area contributed by atoms with Crippen LogP contribution in [0.4, 0.5) is 4.39 Å². The van der Waals surface area contributed by atoms with E-state index in [1.165, 1.54) is 11.0 Å². The predicted molar refractivity (Wildman–Crippen MR) is 91.3 cm³/mol. The van der Waals surface area contributed by atoms with Crippen molar-refractivity contribution in [3.8, 4) is 5.75 Å². The van der Waals surface area contributed by atoms with Crippen LogP contribution in [0.1, 0.15) is 21.7 Å². The topological polar surface area (TPSA) is 59.7 Å². The van der Waals surface area contributed by atoms with E-state index in [-0.39, 0.29) is 18.3 Å². The van der Waals surface area contributed by atoms with Crippen molar-refractivity contribution in [2.45, 2.75) is 13.8 Å². The Balaban J connectivity index is 1.68. The Bertz CT molecular complexity index is 923. The molecule has 0 atom stereocenters. The number of carbonyl (C=O) groups excluding carboxylic acids is 1. The molecule has 3 aromatic rings. The number of hydrogen-bond donors (Lipinski definition) is 0. The fraction of sp³-hybridized carbons (Fsp3) is 0.278. The van der Waals surface area contributed by atoms with Gasteiger partial charge in [0.15, 0.2) is 17.2 Å². The molecule has 2 aromatic heterocycles. The maximum atomic E-state index is 13.5. The Morgan fingerprint density at radius 2 is 2.08 bits per heavy atom. The Labute approximate surface area is 144 Å². The molecule has 0 aliphatic heterocycles. The lowest BCUT2D eigenvalue weighted by atomic mass is 10.2. The molecular formula is C18H19FN4O2. The zero-order chi connectivity index (χ0) is 18.0. The highest BCUT2D eigenvalue weighted by Crippen LogP contribution is 2.16. The van der Waals surface area contributed by atoms with Gasteiger partial charge >= 0.3 is 0 Å². The summed E-state index contributed by atoms with van der Waals surface area (Å²) in [6.45, 7) is 4.22. The van der Waals surface area contributed by atoms with E-state index in [1.807, 2.05) is 19.9 Å². The fourth-order valence-electron chi connectivity index (χ4n) is 2.53. The van der Waals surface area contributed by atoms with Crippen molar-refractivity contribution in [1.29, 1.82) is 0 Å². The SMILES string of the molecule is Cc1cc2ncc(C(=O)N(C)CCOc3ccccc3F)c(C)n2n1. The lowest BCUT2D eigenvalue weighted by Gasteiger charge is -2.18. The van der Waals surface area contributed by atoms with E-state index in [9.17, 15) is 9.18 Å². The van der Waals surface area contributed by atoms with Gasteiger partial charge in [0.2, 0.25) is 0 Å². The van der Waals surface area contributed by atoms with Gasteiger partial charge in [-0.1, -0.05) is 12.1 Å². The molecule has 0 N–H and O–H groups in total. The molecular weight excluding hydrogens is 323 g/mol. The summed E-state index contributed by atoms with van der Waals surface area (Å²) in [5.74, 6) is -0.428. The molecule has 7 heteroatoms. The van der Waals surface area contributed by atoms with Gasteiger partial charge in [-0.3, -0.25) is 4.79 Å². The normalized spacial score (nSPS) is 10.9. The molecule has 0 saturated carbocycles. The van der Waals surface area contributed by atoms with Gasteiger partial charge in [-0.2, -0.15) is 5.10 Å². The average Bonchev–Trinajstić information content (AvgIpc) is 2.97. The molecule has 1 aromatic carbocycles. The fourth-order valence-corrected chi connectivity index (χ4v) is 2.53. The molecule has 1 amide bonds. The van der Waals surface area contributed by atoms with Crippen LogP contribution in [0.15, 0.2) is 36.5 Å². The number of halogens is 1. The summed E-state index contributed by atoms with van der Waals surface area (Å²) >= 11 is 0. The molecule has 3 rings (SSSR count). The number of fused-ring (bicyclic) bond motifs is 1. The largest absolute Gasteiger partial charge is 0.489 e. The van der Waals surface area contributed by atoms with Gasteiger partial charge in [0.25, 0.3) is 5.91 Å². The van der Waals surface area contributed by atoms with Crippen LogP contribution in [0.25, 0.3) is 5.65 Å². The lowest BCUT2D eigenvalue weighted by molar-refractivity contribution is 0.0771. The Morgan fingerprint density at radius 3 is 2.84 bits per heavy atom. The van der Waals surface area contributed by atoms with Crippen LogP contribution in [-0.2, 0) is 0 Å². The quantitative estimate of drug-likeness (QED) is 0.715. The van der Waals surface area contributed by atoms with Crippen molar-refractivity contribution in [3.05, 3.63) is 59.3 Å². The monoisotopic (exact) mass is 342 g/mol. The van der Waals surface area contributed by atoms with Gasteiger partial charge in [-0.15, -0.1) is 0 Å². The standard InChI is InChI=1S/C18H19FN4O2/c1-12-10-17-20-11-14(13(2)23(17)21-12)18(24)22(3)8-9-25-16-7-5-4-6-15(16)19/h4-7,10-11H,8-9H2,1-3H3. The minimum atomic E-state index is -0.420. The van der Waals surface area contributed by atoms with Crippen molar-refractivity contribution in [2.75, 3.05) is 20.2 Å². The number of likely N-dealkylation sites (N-methyl/N-ethyl adjacent to an activating group) is 1. The molecule has 25 heavy (non-hydrogen) atoms. The predicted octanol–water partition coefficient (Wildman–Crippen LogP) is 2.64. The van der Waals surface area contributed by atoms with E-state index in [4.69, 9.17) is 4.74 Å². The third-order valence-corrected chi connectivity index (χ3v) is 3.94. The Morgan fingerprint density at radius 1 is 1.32 bits per heavy atom. The minimum Gasteiger partial charge on any atom is -0.489 e. The zero-order valence-corrected chi connectivity index (χ0v) is 14.4. The number of amides is 1. The molecule has 0 aliphatic rings. The van der Waals surface area contributed by atoms with E-state index in [0.29, 0.717) is 17.8 Å². The molecule has 0 bridgehead atoms. The first-order chi connectivity index (χ1) is 12.0. The van der Waals surface area contributed by atoms with Gasteiger partial charge in [0.1, 0.15) is 6.61 Å². The number of rotatable bonds is 5. The lowest BCUT2D eigenvalue weighted by Crippen LogP contribution is -2.32. The van der Waals surface area contributed by atoms with Crippen molar-refractivity contribution in [3.63, 3.8) is 0 Å². The minimum absolute atomic E-state index is 0.176. The third kappa shape index (κ3) is 3.45. The van der Waals surface area contributed by atoms with Crippen LogP contribution < -0.4 is 4.74 Å². The van der Waals surface area contributed by atoms with E-state index < -0.39 is 5.82 Å². The van der Waals surface area contributed by atoms with Gasteiger partial charge < -0.3 is 9.64 Å². The van der Waals surface area contributed by atoms with Gasteiger partial charge in [-0.05, 0) is 26.0 Å². The number of aryl methyl sites for hydroxylation is 2. The second-order valence-electron chi connectivity index (χ2n) is 5.82. The molecule has 6 nitrogen and oxygen atoms in total. The third-order valence-electron chi connectivity index (χ3n) is 3.94. The number of carbonyl (C=O) groups is 1. The zero-order valence-electron chi connectivity index (χ0n) is 14.4. The molecule has 0 unspecified atom stereocenters. The summed E-state index contributed by atoms with van der Waals surface area (Å²) in [7, 11) is 1.67. The van der Waals surface area contributed by atoms with Crippen LogP contribution in [-0.4, -0.2) is 45.6 Å². The number of para-hydroxylation sites is 1. The van der Waals surface area contributed by atoms with Crippen LogP contribution in [0.2, 0.25) is 0 Å². The Kier molecular flexibility index (Phi) is 4.65. The van der Waals surface area contributed by atoms with Gasteiger partial charge in [0.05, 0.1) is 23.5 Å². The summed E-state index contributed by atoms with van der Waals surface area (Å²) in [5, 5.41) is 4.34. The molecule has 0 saturated heterocycles. The maximum Gasteiger partial charge on any atom is 0.257 e. The maximum absolute atomic E-state index is 13.5. The summed E-state index contributed by atoms with van der Waals surface area (Å²) in [6, 6.07) is 8.04. The average molecular weight is 342 g/mol. The first-order valence-corrected chi connectivity index (χ1v) is 7.92. The summed E-state index contributed by atoms with van der Waals surface area (Å²) < 4.78 is 20.6. The molecule has 0 fully saturated rings. The number of benzene rings is 1. The summed E-state index contributed by atoms with van der Waals surface area (Å²) in [6.07, 6.45) is 1.56. The van der Waals surface area contributed by atoms with Crippen LogP contribution in [0.5, 0.6) is 5.75 Å². The number of ether oxygens (including phenoxy) is 1. The second kappa shape index (κ2) is 6.88. The molecule has 0 radical (unpaired) electrons. The van der Waals surface area contributed by atoms with E-state index in [2.05, 4.69) is 10.1 Å². The molecule has 2 heterocycles. The van der Waals surface area contributed by atoms with E-state index in [1.54, 1.807) is 36.0 Å². The molecule has 0 aliphatic carbocycles.